The molecule has 0 bridgehead atoms. The Morgan fingerprint density at radius 1 is 1.50 bits per heavy atom. The number of thioether (sulfide) groups is 1. The second kappa shape index (κ2) is 5.61. The zero-order chi connectivity index (χ0) is 10.6. The Bertz CT molecular complexity index is 191. The first-order chi connectivity index (χ1) is 6.65. The Balaban J connectivity index is 2.45. The minimum atomic E-state index is -0.0382. The highest BCUT2D eigenvalue weighted by atomic mass is 32.2. The lowest BCUT2D eigenvalue weighted by Crippen LogP contribution is -2.50. The Morgan fingerprint density at radius 2 is 2.21 bits per heavy atom. The first kappa shape index (κ1) is 11.9. The van der Waals surface area contributed by atoms with Gasteiger partial charge in [-0.25, -0.2) is 0 Å². The highest BCUT2D eigenvalue weighted by Crippen LogP contribution is 2.18. The van der Waals surface area contributed by atoms with Crippen LogP contribution in [-0.4, -0.2) is 36.5 Å². The molecule has 1 fully saturated rings. The molecule has 82 valence electrons. The van der Waals surface area contributed by atoms with E-state index in [-0.39, 0.29) is 11.9 Å². The number of carbonyl (C=O) groups is 1. The zero-order valence-electron chi connectivity index (χ0n) is 9.17. The summed E-state index contributed by atoms with van der Waals surface area (Å²) in [6.45, 7) is 4.16. The summed E-state index contributed by atoms with van der Waals surface area (Å²) >= 11 is 1.96. The van der Waals surface area contributed by atoms with Crippen LogP contribution in [0.1, 0.15) is 20.3 Å². The van der Waals surface area contributed by atoms with Gasteiger partial charge in [0.1, 0.15) is 0 Å². The number of hydrogen-bond donors (Lipinski definition) is 2. The lowest BCUT2D eigenvalue weighted by molar-refractivity contribution is -0.123. The van der Waals surface area contributed by atoms with Gasteiger partial charge in [0, 0.05) is 18.8 Å². The third-order valence-corrected chi connectivity index (χ3v) is 3.70. The molecule has 0 saturated carbocycles. The number of nitrogens with one attached hydrogen (secondary N) is 2. The van der Waals surface area contributed by atoms with Gasteiger partial charge >= 0.3 is 0 Å². The van der Waals surface area contributed by atoms with Gasteiger partial charge < -0.3 is 10.6 Å². The predicted molar refractivity (Wildman–Crippen MR) is 61.6 cm³/mol. The molecular weight excluding hydrogens is 196 g/mol. The zero-order valence-corrected chi connectivity index (χ0v) is 9.99. The largest absolute Gasteiger partial charge is 0.358 e. The third-order valence-electron chi connectivity index (χ3n) is 2.54. The second-order valence-corrected chi connectivity index (χ2v) is 5.21. The summed E-state index contributed by atoms with van der Waals surface area (Å²) in [7, 11) is 1.70. The monoisotopic (exact) mass is 216 g/mol. The molecule has 1 rings (SSSR count). The van der Waals surface area contributed by atoms with Crippen LogP contribution in [0.2, 0.25) is 0 Å². The average molecular weight is 216 g/mol. The highest BCUT2D eigenvalue weighted by molar-refractivity contribution is 7.99. The first-order valence-electron chi connectivity index (χ1n) is 5.20. The van der Waals surface area contributed by atoms with Crippen molar-refractivity contribution in [1.82, 2.24) is 10.6 Å². The number of amides is 1. The molecule has 1 saturated heterocycles. The van der Waals surface area contributed by atoms with Gasteiger partial charge in [-0.05, 0) is 18.1 Å². The lowest BCUT2D eigenvalue weighted by atomic mass is 10.0. The molecule has 4 heteroatoms. The molecule has 3 nitrogen and oxygen atoms in total. The second-order valence-electron chi connectivity index (χ2n) is 4.06. The van der Waals surface area contributed by atoms with Gasteiger partial charge in [-0.2, -0.15) is 11.8 Å². The minimum Gasteiger partial charge on any atom is -0.358 e. The molecule has 2 unspecified atom stereocenters. The summed E-state index contributed by atoms with van der Waals surface area (Å²) in [5, 5.41) is 6.15. The maximum absolute atomic E-state index is 11.6. The van der Waals surface area contributed by atoms with Crippen LogP contribution < -0.4 is 10.6 Å². The molecule has 0 aliphatic carbocycles. The Hall–Kier alpha value is -0.220. The van der Waals surface area contributed by atoms with E-state index in [0.717, 1.165) is 5.75 Å². The molecule has 0 radical (unpaired) electrons. The summed E-state index contributed by atoms with van der Waals surface area (Å²) in [5.74, 6) is 2.81. The molecule has 14 heavy (non-hydrogen) atoms. The van der Waals surface area contributed by atoms with Gasteiger partial charge in [-0.15, -0.1) is 0 Å². The highest BCUT2D eigenvalue weighted by Gasteiger charge is 2.25. The van der Waals surface area contributed by atoms with Gasteiger partial charge in [-0.3, -0.25) is 4.79 Å². The Kier molecular flexibility index (Phi) is 4.75. The molecule has 0 aromatic heterocycles. The van der Waals surface area contributed by atoms with Crippen molar-refractivity contribution < 1.29 is 4.79 Å². The van der Waals surface area contributed by atoms with Crippen LogP contribution in [0.15, 0.2) is 0 Å². The standard InChI is InChI=1S/C10H20N2OS/c1-7(2)9(10(13)11-3)12-8-4-5-14-6-8/h7-9,12H,4-6H2,1-3H3,(H,11,13). The number of likely N-dealkylation sites (N-methyl/N-ethyl adjacent to an activating group) is 1. The van der Waals surface area contributed by atoms with Gasteiger partial charge in [0.2, 0.25) is 5.91 Å². The topological polar surface area (TPSA) is 41.1 Å². The summed E-state index contributed by atoms with van der Waals surface area (Å²) in [5.41, 5.74) is 0. The number of hydrogen-bond acceptors (Lipinski definition) is 3. The van der Waals surface area contributed by atoms with Crippen molar-refractivity contribution in [3.63, 3.8) is 0 Å². The molecule has 2 N–H and O–H groups in total. The minimum absolute atomic E-state index is 0.0382. The Labute approximate surface area is 90.4 Å². The molecule has 1 heterocycles. The average Bonchev–Trinajstić information content (AvgIpc) is 2.65. The van der Waals surface area contributed by atoms with Crippen LogP contribution in [0.3, 0.4) is 0 Å². The maximum Gasteiger partial charge on any atom is 0.237 e. The maximum atomic E-state index is 11.6. The van der Waals surface area contributed by atoms with Crippen LogP contribution in [0, 0.1) is 5.92 Å². The molecule has 2 atom stereocenters. The van der Waals surface area contributed by atoms with Crippen molar-refractivity contribution in [3.8, 4) is 0 Å². The third kappa shape index (κ3) is 3.17. The van der Waals surface area contributed by atoms with E-state index in [4.69, 9.17) is 0 Å². The fourth-order valence-electron chi connectivity index (χ4n) is 1.65. The van der Waals surface area contributed by atoms with E-state index in [9.17, 15) is 4.79 Å². The molecule has 1 amide bonds. The molecular formula is C10H20N2OS. The van der Waals surface area contributed by atoms with Crippen molar-refractivity contribution in [3.05, 3.63) is 0 Å². The van der Waals surface area contributed by atoms with Crippen molar-refractivity contribution in [2.24, 2.45) is 5.92 Å². The molecule has 0 aromatic carbocycles. The van der Waals surface area contributed by atoms with Gasteiger partial charge in [0.15, 0.2) is 0 Å². The van der Waals surface area contributed by atoms with E-state index in [1.54, 1.807) is 7.05 Å². The van der Waals surface area contributed by atoms with Crippen molar-refractivity contribution in [2.45, 2.75) is 32.4 Å². The van der Waals surface area contributed by atoms with E-state index in [0.29, 0.717) is 12.0 Å². The van der Waals surface area contributed by atoms with Crippen molar-refractivity contribution >= 4 is 17.7 Å². The molecule has 1 aliphatic heterocycles. The van der Waals surface area contributed by atoms with Gasteiger partial charge in [0.05, 0.1) is 6.04 Å². The van der Waals surface area contributed by atoms with Crippen LogP contribution in [0.4, 0.5) is 0 Å². The van der Waals surface area contributed by atoms with E-state index in [1.807, 2.05) is 11.8 Å². The fraction of sp³-hybridized carbons (Fsp3) is 0.900. The van der Waals surface area contributed by atoms with Crippen molar-refractivity contribution in [2.75, 3.05) is 18.6 Å². The predicted octanol–water partition coefficient (Wildman–Crippen LogP) is 0.852. The summed E-state index contributed by atoms with van der Waals surface area (Å²) in [6.07, 6.45) is 1.19. The Morgan fingerprint density at radius 3 is 2.64 bits per heavy atom. The first-order valence-corrected chi connectivity index (χ1v) is 6.36. The van der Waals surface area contributed by atoms with E-state index in [1.165, 1.54) is 12.2 Å². The van der Waals surface area contributed by atoms with Gasteiger partial charge in [-0.1, -0.05) is 13.8 Å². The number of rotatable bonds is 4. The summed E-state index contributed by atoms with van der Waals surface area (Å²) in [6, 6.07) is 0.480. The molecule has 1 aliphatic rings. The number of carbonyl (C=O) groups excluding carboxylic acids is 1. The summed E-state index contributed by atoms with van der Waals surface area (Å²) < 4.78 is 0. The van der Waals surface area contributed by atoms with E-state index < -0.39 is 0 Å². The lowest BCUT2D eigenvalue weighted by Gasteiger charge is -2.24. The van der Waals surface area contributed by atoms with E-state index in [2.05, 4.69) is 24.5 Å². The molecule has 0 aromatic rings. The fourth-order valence-corrected chi connectivity index (χ4v) is 2.81. The van der Waals surface area contributed by atoms with Crippen LogP contribution in [-0.2, 0) is 4.79 Å². The molecule has 0 spiro atoms. The van der Waals surface area contributed by atoms with Gasteiger partial charge in [0.25, 0.3) is 0 Å². The van der Waals surface area contributed by atoms with Crippen molar-refractivity contribution in [1.29, 1.82) is 0 Å². The van der Waals surface area contributed by atoms with Crippen LogP contribution in [0.5, 0.6) is 0 Å². The van der Waals surface area contributed by atoms with Crippen LogP contribution in [0.25, 0.3) is 0 Å². The van der Waals surface area contributed by atoms with E-state index >= 15 is 0 Å². The smallest absolute Gasteiger partial charge is 0.237 e. The normalized spacial score (nSPS) is 23.9. The summed E-state index contributed by atoms with van der Waals surface area (Å²) in [4.78, 5) is 11.6. The SMILES string of the molecule is CNC(=O)C(NC1CCSC1)C(C)C. The quantitative estimate of drug-likeness (QED) is 0.732. The van der Waals surface area contributed by atoms with Crippen LogP contribution >= 0.6 is 11.8 Å².